The molecule has 5 atom stereocenters. The quantitative estimate of drug-likeness (QED) is 0.409. The fourth-order valence-corrected chi connectivity index (χ4v) is 4.35. The van der Waals surface area contributed by atoms with Gasteiger partial charge in [-0.25, -0.2) is 0 Å². The van der Waals surface area contributed by atoms with Crippen LogP contribution in [0.5, 0.6) is 0 Å². The molecule has 0 aromatic heterocycles. The maximum absolute atomic E-state index is 12.1. The Morgan fingerprint density at radius 1 is 1.42 bits per heavy atom. The van der Waals surface area contributed by atoms with Crippen LogP contribution in [-0.4, -0.2) is 31.3 Å². The average molecular weight is 266 g/mol. The van der Waals surface area contributed by atoms with E-state index < -0.39 is 35.2 Å². The molecule has 0 radical (unpaired) electrons. The number of ether oxygens (including phenoxy) is 2. The molecule has 5 unspecified atom stereocenters. The smallest absolute Gasteiger partial charge is 0.317 e. The maximum atomic E-state index is 12.1. The molecule has 3 aliphatic rings. The van der Waals surface area contributed by atoms with E-state index in [-0.39, 0.29) is 18.3 Å². The first-order valence-electron chi connectivity index (χ1n) is 6.32. The number of aldehydes is 1. The van der Waals surface area contributed by atoms with Crippen molar-refractivity contribution < 1.29 is 28.7 Å². The van der Waals surface area contributed by atoms with Gasteiger partial charge in [0.05, 0.1) is 24.4 Å². The summed E-state index contributed by atoms with van der Waals surface area (Å²) in [5.41, 5.74) is -0.952. The fraction of sp³-hybridized carbons (Fsp3) is 0.692. The lowest BCUT2D eigenvalue weighted by Crippen LogP contribution is -2.45. The molecule has 2 bridgehead atoms. The van der Waals surface area contributed by atoms with Crippen molar-refractivity contribution in [1.82, 2.24) is 0 Å². The lowest BCUT2D eigenvalue weighted by molar-refractivity contribution is -0.161. The number of carbonyl (C=O) groups is 4. The minimum absolute atomic E-state index is 0.0333. The Kier molecular flexibility index (Phi) is 2.52. The van der Waals surface area contributed by atoms with E-state index in [2.05, 4.69) is 4.74 Å². The number of rotatable bonds is 3. The van der Waals surface area contributed by atoms with Gasteiger partial charge in [-0.2, -0.15) is 0 Å². The minimum atomic E-state index is -0.952. The van der Waals surface area contributed by atoms with Crippen LogP contribution in [0.4, 0.5) is 0 Å². The summed E-state index contributed by atoms with van der Waals surface area (Å²) in [6.07, 6.45) is 1.76. The topological polar surface area (TPSA) is 86.7 Å². The van der Waals surface area contributed by atoms with Gasteiger partial charge < -0.3 is 14.3 Å². The van der Waals surface area contributed by atoms with Gasteiger partial charge in [0.15, 0.2) is 0 Å². The predicted octanol–water partition coefficient (Wildman–Crippen LogP) is 0.0904. The summed E-state index contributed by atoms with van der Waals surface area (Å²) in [5.74, 6) is -2.88. The Bertz CT molecular complexity index is 484. The van der Waals surface area contributed by atoms with E-state index in [4.69, 9.17) is 4.74 Å². The second kappa shape index (κ2) is 3.88. The predicted molar refractivity (Wildman–Crippen MR) is 59.4 cm³/mol. The zero-order valence-electron chi connectivity index (χ0n) is 10.5. The third kappa shape index (κ3) is 1.37. The highest BCUT2D eigenvalue weighted by atomic mass is 16.6. The Balaban J connectivity index is 2.00. The van der Waals surface area contributed by atoms with Crippen LogP contribution in [0.15, 0.2) is 0 Å². The number of esters is 3. The van der Waals surface area contributed by atoms with Crippen LogP contribution < -0.4 is 0 Å². The average Bonchev–Trinajstić information content (AvgIpc) is 3.01. The van der Waals surface area contributed by atoms with Crippen molar-refractivity contribution in [3.05, 3.63) is 0 Å². The number of fused-ring (bicyclic) bond motifs is 5. The number of hydrogen-bond donors (Lipinski definition) is 0. The molecule has 0 spiro atoms. The summed E-state index contributed by atoms with van der Waals surface area (Å²) in [5, 5.41) is 0. The minimum Gasteiger partial charge on any atom is -0.469 e. The van der Waals surface area contributed by atoms with Crippen molar-refractivity contribution in [2.75, 3.05) is 7.11 Å². The molecule has 3 fully saturated rings. The fourth-order valence-electron chi connectivity index (χ4n) is 4.35. The van der Waals surface area contributed by atoms with Gasteiger partial charge >= 0.3 is 17.9 Å². The lowest BCUT2D eigenvalue weighted by Gasteiger charge is -2.36. The van der Waals surface area contributed by atoms with Crippen LogP contribution in [0.25, 0.3) is 0 Å². The van der Waals surface area contributed by atoms with Gasteiger partial charge in [-0.1, -0.05) is 0 Å². The van der Waals surface area contributed by atoms with E-state index in [1.165, 1.54) is 7.11 Å². The Morgan fingerprint density at radius 3 is 2.74 bits per heavy atom. The molecule has 19 heavy (non-hydrogen) atoms. The molecule has 102 valence electrons. The van der Waals surface area contributed by atoms with E-state index in [1.807, 2.05) is 0 Å². The molecule has 2 saturated carbocycles. The zero-order valence-corrected chi connectivity index (χ0v) is 10.5. The second-order valence-electron chi connectivity index (χ2n) is 5.62. The highest BCUT2D eigenvalue weighted by Crippen LogP contribution is 2.64. The molecule has 0 N–H and O–H groups in total. The van der Waals surface area contributed by atoms with Crippen molar-refractivity contribution in [3.8, 4) is 0 Å². The second-order valence-corrected chi connectivity index (χ2v) is 5.62. The van der Waals surface area contributed by atoms with Crippen LogP contribution in [0.3, 0.4) is 0 Å². The van der Waals surface area contributed by atoms with Gasteiger partial charge in [-0.15, -0.1) is 0 Å². The van der Waals surface area contributed by atoms with E-state index in [9.17, 15) is 19.2 Å². The Morgan fingerprint density at radius 2 is 2.11 bits per heavy atom. The monoisotopic (exact) mass is 266 g/mol. The number of cyclic esters (lactones) is 2. The Labute approximate surface area is 109 Å². The molecule has 2 aliphatic carbocycles. The lowest BCUT2D eigenvalue weighted by atomic mass is 9.64. The molecular weight excluding hydrogens is 252 g/mol. The number of methoxy groups -OCH3 is 1. The first-order valence-corrected chi connectivity index (χ1v) is 6.32. The maximum Gasteiger partial charge on any atom is 0.317 e. The van der Waals surface area contributed by atoms with E-state index in [1.54, 1.807) is 0 Å². The van der Waals surface area contributed by atoms with Gasteiger partial charge in [-0.3, -0.25) is 14.4 Å². The van der Waals surface area contributed by atoms with Gasteiger partial charge in [0, 0.05) is 6.42 Å². The molecule has 1 aliphatic heterocycles. The standard InChI is InChI=1S/C13H14O6/c1-18-12(17)13(2-3-14)5-6-4-7(13)9-8(6)10(15)19-11(9)16/h3,6-9H,2,4-5H2,1H3. The molecule has 1 heterocycles. The molecule has 6 nitrogen and oxygen atoms in total. The molecule has 0 aromatic rings. The number of hydrogen-bond acceptors (Lipinski definition) is 6. The molecule has 0 amide bonds. The third-order valence-corrected chi connectivity index (χ3v) is 5.01. The molecule has 3 rings (SSSR count). The third-order valence-electron chi connectivity index (χ3n) is 5.01. The SMILES string of the molecule is COC(=O)C1(CC=O)CC2CC1C1C(=O)OC(=O)C21. The normalized spacial score (nSPS) is 43.0. The van der Waals surface area contributed by atoms with Crippen molar-refractivity contribution in [2.45, 2.75) is 19.3 Å². The first kappa shape index (κ1) is 12.3. The zero-order chi connectivity index (χ0) is 13.8. The van der Waals surface area contributed by atoms with E-state index in [0.717, 1.165) is 0 Å². The van der Waals surface area contributed by atoms with Gasteiger partial charge in [-0.05, 0) is 24.7 Å². The van der Waals surface area contributed by atoms with Crippen LogP contribution in [0.1, 0.15) is 19.3 Å². The number of carbonyl (C=O) groups excluding carboxylic acids is 4. The summed E-state index contributed by atoms with van der Waals surface area (Å²) in [6.45, 7) is 0. The van der Waals surface area contributed by atoms with Crippen molar-refractivity contribution in [2.24, 2.45) is 29.1 Å². The van der Waals surface area contributed by atoms with E-state index in [0.29, 0.717) is 19.1 Å². The summed E-state index contributed by atoms with van der Waals surface area (Å²) in [6, 6.07) is 0. The first-order chi connectivity index (χ1) is 9.05. The molecule has 1 saturated heterocycles. The van der Waals surface area contributed by atoms with Crippen LogP contribution >= 0.6 is 0 Å². The summed E-state index contributed by atoms with van der Waals surface area (Å²) in [7, 11) is 1.27. The largest absolute Gasteiger partial charge is 0.469 e. The van der Waals surface area contributed by atoms with Crippen LogP contribution in [0, 0.1) is 29.1 Å². The summed E-state index contributed by atoms with van der Waals surface area (Å²) >= 11 is 0. The van der Waals surface area contributed by atoms with Gasteiger partial charge in [0.2, 0.25) is 0 Å². The van der Waals surface area contributed by atoms with Crippen molar-refractivity contribution >= 4 is 24.2 Å². The molecular formula is C13H14O6. The highest BCUT2D eigenvalue weighted by Gasteiger charge is 2.70. The van der Waals surface area contributed by atoms with E-state index >= 15 is 0 Å². The molecule has 6 heteroatoms. The van der Waals surface area contributed by atoms with Crippen molar-refractivity contribution in [1.29, 1.82) is 0 Å². The van der Waals surface area contributed by atoms with Gasteiger partial charge in [0.1, 0.15) is 6.29 Å². The van der Waals surface area contributed by atoms with Crippen molar-refractivity contribution in [3.63, 3.8) is 0 Å². The summed E-state index contributed by atoms with van der Waals surface area (Å²) < 4.78 is 9.49. The van der Waals surface area contributed by atoms with Crippen LogP contribution in [-0.2, 0) is 28.7 Å². The molecule has 0 aromatic carbocycles. The van der Waals surface area contributed by atoms with Crippen LogP contribution in [0.2, 0.25) is 0 Å². The van der Waals surface area contributed by atoms with Gasteiger partial charge in [0.25, 0.3) is 0 Å². The highest BCUT2D eigenvalue weighted by molar-refractivity contribution is 5.98. The Hall–Kier alpha value is -1.72. The summed E-state index contributed by atoms with van der Waals surface area (Å²) in [4.78, 5) is 46.4.